The van der Waals surface area contributed by atoms with E-state index < -0.39 is 6.04 Å². The minimum absolute atomic E-state index is 0.110. The maximum Gasteiger partial charge on any atom is 0.242 e. The molecule has 0 spiro atoms. The fraction of sp³-hybridized carbons (Fsp3) is 0.333. The zero-order valence-electron chi connectivity index (χ0n) is 16.0. The Balaban J connectivity index is 2.07. The van der Waals surface area contributed by atoms with E-state index in [-0.39, 0.29) is 24.2 Å². The van der Waals surface area contributed by atoms with Crippen LogP contribution in [0.4, 0.5) is 4.39 Å². The van der Waals surface area contributed by atoms with Crippen LogP contribution in [-0.2, 0) is 16.1 Å². The molecule has 7 heteroatoms. The Bertz CT molecular complexity index is 784. The molecular formula is C21H24ClFN2O2S. The van der Waals surface area contributed by atoms with Crippen molar-refractivity contribution in [2.45, 2.75) is 37.2 Å². The number of halogens is 2. The molecule has 0 saturated heterocycles. The molecule has 0 aliphatic rings. The second-order valence-electron chi connectivity index (χ2n) is 6.24. The van der Waals surface area contributed by atoms with E-state index in [0.29, 0.717) is 23.6 Å². The van der Waals surface area contributed by atoms with Gasteiger partial charge >= 0.3 is 0 Å². The molecule has 1 unspecified atom stereocenters. The molecule has 0 aromatic heterocycles. The van der Waals surface area contributed by atoms with Gasteiger partial charge in [0, 0.05) is 35.7 Å². The molecule has 2 rings (SSSR count). The lowest BCUT2D eigenvalue weighted by molar-refractivity contribution is -0.140. The van der Waals surface area contributed by atoms with Crippen molar-refractivity contribution in [2.24, 2.45) is 0 Å². The molecule has 0 saturated carbocycles. The van der Waals surface area contributed by atoms with Gasteiger partial charge in [0.1, 0.15) is 11.9 Å². The van der Waals surface area contributed by atoms with E-state index in [0.717, 1.165) is 10.5 Å². The Hall–Kier alpha value is -2.05. The van der Waals surface area contributed by atoms with Gasteiger partial charge < -0.3 is 10.2 Å². The normalized spacial score (nSPS) is 11.7. The Kier molecular flexibility index (Phi) is 8.80. The number of thioether (sulfide) groups is 1. The average molecular weight is 423 g/mol. The SMILES string of the molecule is CCC(C(=O)NC)N(Cc1ccc(F)cc1)C(=O)CCSc1ccc(Cl)cc1. The summed E-state index contributed by atoms with van der Waals surface area (Å²) in [7, 11) is 1.56. The van der Waals surface area contributed by atoms with Crippen molar-refractivity contribution in [3.05, 3.63) is 64.9 Å². The maximum absolute atomic E-state index is 13.2. The Morgan fingerprint density at radius 2 is 1.79 bits per heavy atom. The molecule has 28 heavy (non-hydrogen) atoms. The van der Waals surface area contributed by atoms with Crippen LogP contribution in [0.25, 0.3) is 0 Å². The highest BCUT2D eigenvalue weighted by atomic mass is 35.5. The van der Waals surface area contributed by atoms with Crippen molar-refractivity contribution in [3.8, 4) is 0 Å². The summed E-state index contributed by atoms with van der Waals surface area (Å²) < 4.78 is 13.2. The molecule has 1 N–H and O–H groups in total. The summed E-state index contributed by atoms with van der Waals surface area (Å²) in [6.07, 6.45) is 0.791. The summed E-state index contributed by atoms with van der Waals surface area (Å²) in [4.78, 5) is 27.8. The average Bonchev–Trinajstić information content (AvgIpc) is 2.70. The first-order chi connectivity index (χ1) is 13.4. The van der Waals surface area contributed by atoms with Gasteiger partial charge in [0.15, 0.2) is 0 Å². The van der Waals surface area contributed by atoms with E-state index in [1.165, 1.54) is 12.1 Å². The maximum atomic E-state index is 13.2. The smallest absolute Gasteiger partial charge is 0.242 e. The summed E-state index contributed by atoms with van der Waals surface area (Å²) in [6, 6.07) is 12.9. The summed E-state index contributed by atoms with van der Waals surface area (Å²) in [5.74, 6) is -0.0613. The quantitative estimate of drug-likeness (QED) is 0.604. The summed E-state index contributed by atoms with van der Waals surface area (Å²) in [5.41, 5.74) is 0.780. The Labute approximate surface area is 174 Å². The zero-order chi connectivity index (χ0) is 20.5. The molecule has 2 amide bonds. The van der Waals surface area contributed by atoms with E-state index in [4.69, 9.17) is 11.6 Å². The predicted molar refractivity (Wildman–Crippen MR) is 112 cm³/mol. The standard InChI is InChI=1S/C21H24ClFN2O2S/c1-3-19(21(27)24-2)25(14-15-4-8-17(23)9-5-15)20(26)12-13-28-18-10-6-16(22)7-11-18/h4-11,19H,3,12-14H2,1-2H3,(H,24,27). The molecule has 0 radical (unpaired) electrons. The van der Waals surface area contributed by atoms with Crippen LogP contribution in [0.2, 0.25) is 5.02 Å². The van der Waals surface area contributed by atoms with Crippen LogP contribution in [0.3, 0.4) is 0 Å². The highest BCUT2D eigenvalue weighted by Crippen LogP contribution is 2.22. The molecule has 4 nitrogen and oxygen atoms in total. The van der Waals surface area contributed by atoms with E-state index in [9.17, 15) is 14.0 Å². The molecule has 1 atom stereocenters. The lowest BCUT2D eigenvalue weighted by Crippen LogP contribution is -2.48. The molecule has 0 aliphatic carbocycles. The van der Waals surface area contributed by atoms with Crippen LogP contribution < -0.4 is 5.32 Å². The van der Waals surface area contributed by atoms with Crippen LogP contribution in [0.15, 0.2) is 53.4 Å². The fourth-order valence-electron chi connectivity index (χ4n) is 2.80. The third-order valence-electron chi connectivity index (χ3n) is 4.30. The van der Waals surface area contributed by atoms with Crippen LogP contribution in [0, 0.1) is 5.82 Å². The minimum atomic E-state index is -0.567. The van der Waals surface area contributed by atoms with E-state index in [2.05, 4.69) is 5.32 Å². The molecule has 0 heterocycles. The highest BCUT2D eigenvalue weighted by molar-refractivity contribution is 7.99. The molecule has 0 bridgehead atoms. The number of hydrogen-bond donors (Lipinski definition) is 1. The van der Waals surface area contributed by atoms with Crippen molar-refractivity contribution < 1.29 is 14.0 Å². The number of nitrogens with one attached hydrogen (secondary N) is 1. The zero-order valence-corrected chi connectivity index (χ0v) is 17.5. The lowest BCUT2D eigenvalue weighted by Gasteiger charge is -2.30. The third kappa shape index (κ3) is 6.53. The van der Waals surface area contributed by atoms with Crippen molar-refractivity contribution in [1.29, 1.82) is 0 Å². The van der Waals surface area contributed by atoms with Gasteiger partial charge in [-0.2, -0.15) is 0 Å². The van der Waals surface area contributed by atoms with E-state index in [1.807, 2.05) is 31.2 Å². The number of carbonyl (C=O) groups excluding carboxylic acids is 2. The predicted octanol–water partition coefficient (Wildman–Crippen LogP) is 4.51. The third-order valence-corrected chi connectivity index (χ3v) is 5.56. The largest absolute Gasteiger partial charge is 0.357 e. The summed E-state index contributed by atoms with van der Waals surface area (Å²) >= 11 is 7.45. The number of hydrogen-bond acceptors (Lipinski definition) is 3. The van der Waals surface area contributed by atoms with Gasteiger partial charge in [-0.15, -0.1) is 11.8 Å². The van der Waals surface area contributed by atoms with Gasteiger partial charge in [0.25, 0.3) is 0 Å². The lowest BCUT2D eigenvalue weighted by atomic mass is 10.1. The van der Waals surface area contributed by atoms with Crippen molar-refractivity contribution in [3.63, 3.8) is 0 Å². The Morgan fingerprint density at radius 1 is 1.14 bits per heavy atom. The first kappa shape index (κ1) is 22.2. The fourth-order valence-corrected chi connectivity index (χ4v) is 3.77. The van der Waals surface area contributed by atoms with Gasteiger partial charge in [-0.3, -0.25) is 9.59 Å². The summed E-state index contributed by atoms with van der Waals surface area (Å²) in [5, 5.41) is 3.29. The Morgan fingerprint density at radius 3 is 2.36 bits per heavy atom. The van der Waals surface area contributed by atoms with Crippen molar-refractivity contribution in [1.82, 2.24) is 10.2 Å². The second-order valence-corrected chi connectivity index (χ2v) is 7.84. The number of carbonyl (C=O) groups is 2. The molecule has 150 valence electrons. The van der Waals surface area contributed by atoms with Crippen LogP contribution in [0.5, 0.6) is 0 Å². The van der Waals surface area contributed by atoms with Gasteiger partial charge in [-0.1, -0.05) is 30.7 Å². The minimum Gasteiger partial charge on any atom is -0.357 e. The topological polar surface area (TPSA) is 49.4 Å². The molecular weight excluding hydrogens is 399 g/mol. The number of rotatable bonds is 9. The highest BCUT2D eigenvalue weighted by Gasteiger charge is 2.27. The first-order valence-electron chi connectivity index (χ1n) is 9.08. The molecule has 0 fully saturated rings. The van der Waals surface area contributed by atoms with Crippen molar-refractivity contribution in [2.75, 3.05) is 12.8 Å². The van der Waals surface area contributed by atoms with Gasteiger partial charge in [-0.25, -0.2) is 4.39 Å². The van der Waals surface area contributed by atoms with Crippen molar-refractivity contribution >= 4 is 35.2 Å². The first-order valence-corrected chi connectivity index (χ1v) is 10.4. The molecule has 0 aliphatic heterocycles. The number of nitrogens with zero attached hydrogens (tertiary/aromatic N) is 1. The van der Waals surface area contributed by atoms with E-state index >= 15 is 0 Å². The second kappa shape index (κ2) is 11.1. The monoisotopic (exact) mass is 422 g/mol. The van der Waals surface area contributed by atoms with E-state index in [1.54, 1.807) is 35.8 Å². The van der Waals surface area contributed by atoms with Crippen LogP contribution >= 0.6 is 23.4 Å². The van der Waals surface area contributed by atoms with Crippen LogP contribution in [0.1, 0.15) is 25.3 Å². The number of amides is 2. The molecule has 2 aromatic rings. The summed E-state index contributed by atoms with van der Waals surface area (Å²) in [6.45, 7) is 2.13. The molecule has 2 aromatic carbocycles. The van der Waals surface area contributed by atoms with Gasteiger partial charge in [0.05, 0.1) is 0 Å². The van der Waals surface area contributed by atoms with Crippen LogP contribution in [-0.4, -0.2) is 35.6 Å². The van der Waals surface area contributed by atoms with Gasteiger partial charge in [0.2, 0.25) is 11.8 Å². The number of benzene rings is 2. The number of likely N-dealkylation sites (N-methyl/N-ethyl adjacent to an activating group) is 1. The van der Waals surface area contributed by atoms with Gasteiger partial charge in [-0.05, 0) is 48.4 Å².